The number of carbonyl (C=O) groups is 1. The average molecular weight is 339 g/mol. The molecule has 0 aromatic carbocycles. The maximum Gasteiger partial charge on any atom is 0.320 e. The standard InChI is InChI=1S/C18H33N3O3/c1-15(2)19(3)11-16-10-18(24-12-16)13-21(8-9-23-14-18)17(22)20-6-4-5-7-20/h15-16H,4-14H2,1-3H3/t16-,18+/m0/s1. The first-order valence-corrected chi connectivity index (χ1v) is 9.45. The summed E-state index contributed by atoms with van der Waals surface area (Å²) in [5, 5.41) is 0. The molecule has 2 atom stereocenters. The number of rotatable bonds is 3. The van der Waals surface area contributed by atoms with Gasteiger partial charge >= 0.3 is 6.03 Å². The summed E-state index contributed by atoms with van der Waals surface area (Å²) < 4.78 is 12.1. The molecular formula is C18H33N3O3. The third-order valence-corrected chi connectivity index (χ3v) is 5.71. The molecule has 0 aromatic rings. The number of carbonyl (C=O) groups excluding carboxylic acids is 1. The van der Waals surface area contributed by atoms with Crippen LogP contribution in [0.2, 0.25) is 0 Å². The van der Waals surface area contributed by atoms with Crippen molar-refractivity contribution in [3.63, 3.8) is 0 Å². The first-order chi connectivity index (χ1) is 11.5. The van der Waals surface area contributed by atoms with Crippen LogP contribution in [-0.4, -0.2) is 92.0 Å². The molecule has 0 saturated carbocycles. The molecule has 3 saturated heterocycles. The van der Waals surface area contributed by atoms with Crippen LogP contribution < -0.4 is 0 Å². The van der Waals surface area contributed by atoms with Crippen molar-refractivity contribution in [3.05, 3.63) is 0 Å². The zero-order valence-electron chi connectivity index (χ0n) is 15.5. The predicted molar refractivity (Wildman–Crippen MR) is 93.2 cm³/mol. The summed E-state index contributed by atoms with van der Waals surface area (Å²) in [6.45, 7) is 10.6. The van der Waals surface area contributed by atoms with Crippen molar-refractivity contribution in [3.8, 4) is 0 Å². The highest BCUT2D eigenvalue weighted by Crippen LogP contribution is 2.33. The molecule has 6 heteroatoms. The van der Waals surface area contributed by atoms with Crippen LogP contribution >= 0.6 is 0 Å². The highest BCUT2D eigenvalue weighted by molar-refractivity contribution is 5.74. The number of amides is 2. The van der Waals surface area contributed by atoms with Crippen LogP contribution in [-0.2, 0) is 9.47 Å². The monoisotopic (exact) mass is 339 g/mol. The summed E-state index contributed by atoms with van der Waals surface area (Å²) in [5.41, 5.74) is -0.311. The van der Waals surface area contributed by atoms with Gasteiger partial charge in [-0.25, -0.2) is 4.79 Å². The normalized spacial score (nSPS) is 31.5. The van der Waals surface area contributed by atoms with Gasteiger partial charge in [0.2, 0.25) is 0 Å². The lowest BCUT2D eigenvalue weighted by Gasteiger charge is -2.33. The van der Waals surface area contributed by atoms with Crippen molar-refractivity contribution in [2.24, 2.45) is 5.92 Å². The van der Waals surface area contributed by atoms with E-state index in [1.54, 1.807) is 0 Å². The molecule has 3 rings (SSSR count). The molecule has 0 bridgehead atoms. The van der Waals surface area contributed by atoms with Gasteiger partial charge in [-0.1, -0.05) is 0 Å². The summed E-state index contributed by atoms with van der Waals surface area (Å²) in [7, 11) is 2.17. The highest BCUT2D eigenvalue weighted by atomic mass is 16.5. The Bertz CT molecular complexity index is 439. The van der Waals surface area contributed by atoms with Crippen molar-refractivity contribution in [2.75, 3.05) is 59.6 Å². The van der Waals surface area contributed by atoms with Crippen LogP contribution in [0, 0.1) is 5.92 Å². The molecule has 0 aliphatic carbocycles. The molecule has 6 nitrogen and oxygen atoms in total. The van der Waals surface area contributed by atoms with Crippen LogP contribution in [0.25, 0.3) is 0 Å². The van der Waals surface area contributed by atoms with E-state index < -0.39 is 0 Å². The minimum atomic E-state index is -0.311. The molecule has 1 spiro atoms. The van der Waals surface area contributed by atoms with Crippen LogP contribution in [0.15, 0.2) is 0 Å². The van der Waals surface area contributed by atoms with Gasteiger partial charge in [-0.2, -0.15) is 0 Å². The molecule has 0 unspecified atom stereocenters. The van der Waals surface area contributed by atoms with E-state index in [-0.39, 0.29) is 11.6 Å². The number of hydrogen-bond acceptors (Lipinski definition) is 4. The lowest BCUT2D eigenvalue weighted by atomic mass is 9.93. The van der Waals surface area contributed by atoms with E-state index in [1.165, 1.54) is 0 Å². The Hall–Kier alpha value is -0.850. The Balaban J connectivity index is 1.61. The van der Waals surface area contributed by atoms with Gasteiger partial charge < -0.3 is 24.2 Å². The van der Waals surface area contributed by atoms with Crippen LogP contribution in [0.5, 0.6) is 0 Å². The summed E-state index contributed by atoms with van der Waals surface area (Å²) in [6, 6.07) is 0.712. The fraction of sp³-hybridized carbons (Fsp3) is 0.944. The number of urea groups is 1. The van der Waals surface area contributed by atoms with Crippen molar-refractivity contribution in [1.29, 1.82) is 0 Å². The lowest BCUT2D eigenvalue weighted by molar-refractivity contribution is -0.0537. The van der Waals surface area contributed by atoms with Gasteiger partial charge in [0.05, 0.1) is 26.4 Å². The fourth-order valence-corrected chi connectivity index (χ4v) is 4.06. The lowest BCUT2D eigenvalue weighted by Crippen LogP contribution is -2.50. The summed E-state index contributed by atoms with van der Waals surface area (Å²) in [6.07, 6.45) is 3.23. The predicted octanol–water partition coefficient (Wildman–Crippen LogP) is 1.65. The molecule has 24 heavy (non-hydrogen) atoms. The number of hydrogen-bond donors (Lipinski definition) is 0. The zero-order valence-corrected chi connectivity index (χ0v) is 15.5. The van der Waals surface area contributed by atoms with E-state index in [9.17, 15) is 4.79 Å². The van der Waals surface area contributed by atoms with E-state index in [1.807, 2.05) is 9.80 Å². The highest BCUT2D eigenvalue weighted by Gasteiger charge is 2.45. The average Bonchev–Trinajstić information content (AvgIpc) is 3.15. The van der Waals surface area contributed by atoms with E-state index >= 15 is 0 Å². The second-order valence-corrected chi connectivity index (χ2v) is 8.05. The molecule has 0 N–H and O–H groups in total. The number of nitrogens with zero attached hydrogens (tertiary/aromatic N) is 3. The van der Waals surface area contributed by atoms with E-state index in [0.717, 1.165) is 45.5 Å². The van der Waals surface area contributed by atoms with E-state index in [4.69, 9.17) is 9.47 Å². The summed E-state index contributed by atoms with van der Waals surface area (Å²) in [4.78, 5) is 19.1. The van der Waals surface area contributed by atoms with E-state index in [0.29, 0.717) is 38.3 Å². The summed E-state index contributed by atoms with van der Waals surface area (Å²) in [5.74, 6) is 0.517. The Labute approximate surface area is 146 Å². The molecule has 0 aromatic heterocycles. The van der Waals surface area contributed by atoms with Crippen molar-refractivity contribution >= 4 is 6.03 Å². The molecule has 0 radical (unpaired) electrons. The third-order valence-electron chi connectivity index (χ3n) is 5.71. The maximum atomic E-state index is 12.8. The minimum Gasteiger partial charge on any atom is -0.377 e. The second-order valence-electron chi connectivity index (χ2n) is 8.05. The topological polar surface area (TPSA) is 45.3 Å². The van der Waals surface area contributed by atoms with Crippen LogP contribution in [0.4, 0.5) is 4.79 Å². The number of likely N-dealkylation sites (tertiary alicyclic amines) is 1. The Morgan fingerprint density at radius 1 is 1.25 bits per heavy atom. The smallest absolute Gasteiger partial charge is 0.320 e. The van der Waals surface area contributed by atoms with Crippen LogP contribution in [0.3, 0.4) is 0 Å². The largest absolute Gasteiger partial charge is 0.377 e. The van der Waals surface area contributed by atoms with Crippen molar-refractivity contribution < 1.29 is 14.3 Å². The first-order valence-electron chi connectivity index (χ1n) is 9.45. The molecule has 3 heterocycles. The molecule has 3 aliphatic rings. The number of ether oxygens (including phenoxy) is 2. The molecule has 138 valence electrons. The zero-order chi connectivity index (χ0) is 17.2. The fourth-order valence-electron chi connectivity index (χ4n) is 4.06. The van der Waals surface area contributed by atoms with Gasteiger partial charge in [0.25, 0.3) is 0 Å². The quantitative estimate of drug-likeness (QED) is 0.784. The maximum absolute atomic E-state index is 12.8. The van der Waals surface area contributed by atoms with Crippen molar-refractivity contribution in [2.45, 2.75) is 44.8 Å². The molecular weight excluding hydrogens is 306 g/mol. The van der Waals surface area contributed by atoms with E-state index in [2.05, 4.69) is 25.8 Å². The summed E-state index contributed by atoms with van der Waals surface area (Å²) >= 11 is 0. The first kappa shape index (κ1) is 18.0. The van der Waals surface area contributed by atoms with Gasteiger partial charge in [0, 0.05) is 32.2 Å². The molecule has 2 amide bonds. The van der Waals surface area contributed by atoms with Crippen molar-refractivity contribution in [1.82, 2.24) is 14.7 Å². The Kier molecular flexibility index (Phi) is 5.67. The Morgan fingerprint density at radius 3 is 2.71 bits per heavy atom. The van der Waals surface area contributed by atoms with Gasteiger partial charge in [-0.05, 0) is 46.1 Å². The van der Waals surface area contributed by atoms with Gasteiger partial charge in [-0.15, -0.1) is 0 Å². The minimum absolute atomic E-state index is 0.170. The van der Waals surface area contributed by atoms with Gasteiger partial charge in [-0.3, -0.25) is 0 Å². The van der Waals surface area contributed by atoms with Gasteiger partial charge in [0.1, 0.15) is 5.60 Å². The Morgan fingerprint density at radius 2 is 2.00 bits per heavy atom. The van der Waals surface area contributed by atoms with Crippen LogP contribution in [0.1, 0.15) is 33.1 Å². The second kappa shape index (κ2) is 7.58. The SMILES string of the molecule is CC(C)N(C)C[C@H]1CO[C@]2(COCCN(C(=O)N3CCCC3)C2)C1. The van der Waals surface area contributed by atoms with Gasteiger partial charge in [0.15, 0.2) is 0 Å². The third kappa shape index (κ3) is 4.03. The molecule has 3 aliphatic heterocycles. The molecule has 3 fully saturated rings.